The minimum absolute atomic E-state index is 0.126. The van der Waals surface area contributed by atoms with E-state index in [0.717, 1.165) is 33.1 Å². The van der Waals surface area contributed by atoms with Crippen molar-refractivity contribution in [1.82, 2.24) is 9.97 Å². The van der Waals surface area contributed by atoms with E-state index >= 15 is 0 Å². The SMILES string of the molecule is CC1(C)c2cc3cc(-c4cccc(-c5ccc6ccc7cccnc7c6n5)c4)ccc3cc2-c2c1c1ccccc1c1ccccc21. The number of aromatic nitrogens is 2. The van der Waals surface area contributed by atoms with Gasteiger partial charge in [0.25, 0.3) is 0 Å². The van der Waals surface area contributed by atoms with Gasteiger partial charge in [-0.25, -0.2) is 4.98 Å². The van der Waals surface area contributed by atoms with Crippen LogP contribution in [0.4, 0.5) is 0 Å². The van der Waals surface area contributed by atoms with Crippen molar-refractivity contribution in [2.45, 2.75) is 19.3 Å². The van der Waals surface area contributed by atoms with Crippen LogP contribution >= 0.6 is 0 Å². The zero-order chi connectivity index (χ0) is 31.3. The number of nitrogens with zero attached hydrogens (tertiary/aromatic N) is 2. The van der Waals surface area contributed by atoms with Crippen LogP contribution in [0.5, 0.6) is 0 Å². The first-order chi connectivity index (χ1) is 23.0. The van der Waals surface area contributed by atoms with Crippen LogP contribution in [0.25, 0.3) is 87.6 Å². The fraction of sp³-hybridized carbons (Fsp3) is 0.0667. The molecule has 0 atom stereocenters. The molecule has 0 spiro atoms. The topological polar surface area (TPSA) is 25.8 Å². The standard InChI is InChI=1S/C45H30N2/c1-45(2)39-26-33-24-30(29-9-7-10-32(23-29)40-21-20-28-17-16-27-11-8-22-46-43(27)44(28)47-40)18-19-31(33)25-38(39)41-36-14-5-3-12-34(36)35-13-4-6-15-37(35)42(41)45/h3-26H,1-2H3. The molecule has 0 fully saturated rings. The van der Waals surface area contributed by atoms with Crippen molar-refractivity contribution in [1.29, 1.82) is 0 Å². The second-order valence-corrected chi connectivity index (χ2v) is 13.4. The predicted molar refractivity (Wildman–Crippen MR) is 198 cm³/mol. The summed E-state index contributed by atoms with van der Waals surface area (Å²) in [5, 5.41) is 10.1. The van der Waals surface area contributed by atoms with E-state index < -0.39 is 0 Å². The lowest BCUT2D eigenvalue weighted by molar-refractivity contribution is 0.667. The van der Waals surface area contributed by atoms with Crippen LogP contribution in [0, 0.1) is 0 Å². The summed E-state index contributed by atoms with van der Waals surface area (Å²) in [5.41, 5.74) is 11.8. The zero-order valence-electron chi connectivity index (χ0n) is 26.3. The first-order valence-corrected chi connectivity index (χ1v) is 16.3. The van der Waals surface area contributed by atoms with Gasteiger partial charge in [0, 0.05) is 27.9 Å². The highest BCUT2D eigenvalue weighted by Crippen LogP contribution is 2.55. The van der Waals surface area contributed by atoms with Gasteiger partial charge in [0.15, 0.2) is 0 Å². The molecule has 1 aliphatic rings. The maximum absolute atomic E-state index is 5.11. The molecule has 0 saturated carbocycles. The molecule has 0 saturated heterocycles. The predicted octanol–water partition coefficient (Wildman–Crippen LogP) is 11.9. The van der Waals surface area contributed by atoms with E-state index in [-0.39, 0.29) is 5.41 Å². The first-order valence-electron chi connectivity index (χ1n) is 16.3. The number of hydrogen-bond donors (Lipinski definition) is 0. The molecule has 0 bridgehead atoms. The third kappa shape index (κ3) is 3.79. The lowest BCUT2D eigenvalue weighted by Gasteiger charge is -2.24. The maximum atomic E-state index is 5.11. The fourth-order valence-corrected chi connectivity index (χ4v) is 8.15. The van der Waals surface area contributed by atoms with Gasteiger partial charge < -0.3 is 0 Å². The summed E-state index contributed by atoms with van der Waals surface area (Å²) in [6.07, 6.45) is 1.84. The average Bonchev–Trinajstić information content (AvgIpc) is 3.36. The molecule has 0 aliphatic heterocycles. The largest absolute Gasteiger partial charge is 0.254 e. The van der Waals surface area contributed by atoms with E-state index in [1.165, 1.54) is 65.7 Å². The summed E-state index contributed by atoms with van der Waals surface area (Å²) >= 11 is 0. The minimum atomic E-state index is -0.126. The van der Waals surface area contributed by atoms with Crippen LogP contribution in [-0.2, 0) is 5.41 Å². The van der Waals surface area contributed by atoms with Crippen LogP contribution in [0.2, 0.25) is 0 Å². The summed E-state index contributed by atoms with van der Waals surface area (Å²) < 4.78 is 0. The van der Waals surface area contributed by atoms with Gasteiger partial charge in [0.1, 0.15) is 0 Å². The van der Waals surface area contributed by atoms with Crippen LogP contribution in [0.15, 0.2) is 146 Å². The number of benzene rings is 7. The van der Waals surface area contributed by atoms with Crippen LogP contribution in [0.3, 0.4) is 0 Å². The Hall–Kier alpha value is -5.86. The number of hydrogen-bond acceptors (Lipinski definition) is 2. The number of fused-ring (bicyclic) bond motifs is 12. The van der Waals surface area contributed by atoms with E-state index in [1.54, 1.807) is 0 Å². The Morgan fingerprint density at radius 1 is 0.468 bits per heavy atom. The second kappa shape index (κ2) is 9.57. The van der Waals surface area contributed by atoms with Crippen LogP contribution < -0.4 is 0 Å². The quantitative estimate of drug-likeness (QED) is 0.185. The molecule has 47 heavy (non-hydrogen) atoms. The molecular formula is C45H30N2. The van der Waals surface area contributed by atoms with Gasteiger partial charge >= 0.3 is 0 Å². The Labute approximate surface area is 273 Å². The molecule has 0 N–H and O–H groups in total. The van der Waals surface area contributed by atoms with Gasteiger partial charge in [0.2, 0.25) is 0 Å². The molecule has 0 amide bonds. The highest BCUT2D eigenvalue weighted by Gasteiger charge is 2.38. The average molecular weight is 599 g/mol. The van der Waals surface area contributed by atoms with E-state index in [9.17, 15) is 0 Å². The summed E-state index contributed by atoms with van der Waals surface area (Å²) in [5.74, 6) is 0. The van der Waals surface area contributed by atoms with Crippen molar-refractivity contribution in [3.63, 3.8) is 0 Å². The van der Waals surface area contributed by atoms with Gasteiger partial charge in [-0.1, -0.05) is 117 Å². The van der Waals surface area contributed by atoms with Gasteiger partial charge in [-0.3, -0.25) is 4.98 Å². The summed E-state index contributed by atoms with van der Waals surface area (Å²) in [6.45, 7) is 4.79. The van der Waals surface area contributed by atoms with E-state index in [4.69, 9.17) is 4.98 Å². The van der Waals surface area contributed by atoms with Crippen molar-refractivity contribution >= 4 is 54.1 Å². The number of pyridine rings is 2. The van der Waals surface area contributed by atoms with Crippen LogP contribution in [-0.4, -0.2) is 9.97 Å². The smallest absolute Gasteiger partial charge is 0.0972 e. The Kier molecular flexibility index (Phi) is 5.37. The summed E-state index contributed by atoms with van der Waals surface area (Å²) in [7, 11) is 0. The monoisotopic (exact) mass is 598 g/mol. The van der Waals surface area contributed by atoms with Crippen molar-refractivity contribution in [3.05, 3.63) is 157 Å². The van der Waals surface area contributed by atoms with Gasteiger partial charge in [0.05, 0.1) is 16.7 Å². The van der Waals surface area contributed by atoms with Gasteiger partial charge in [-0.2, -0.15) is 0 Å². The maximum Gasteiger partial charge on any atom is 0.0972 e. The normalized spacial score (nSPS) is 13.5. The Morgan fingerprint density at radius 3 is 2.00 bits per heavy atom. The zero-order valence-corrected chi connectivity index (χ0v) is 26.3. The van der Waals surface area contributed by atoms with Crippen LogP contribution in [0.1, 0.15) is 25.0 Å². The molecule has 2 aromatic heterocycles. The van der Waals surface area contributed by atoms with Crippen molar-refractivity contribution < 1.29 is 0 Å². The highest BCUT2D eigenvalue weighted by atomic mass is 14.7. The fourth-order valence-electron chi connectivity index (χ4n) is 8.15. The van der Waals surface area contributed by atoms with E-state index in [2.05, 4.69) is 152 Å². The molecule has 0 unspecified atom stereocenters. The molecule has 1 aliphatic carbocycles. The van der Waals surface area contributed by atoms with Crippen molar-refractivity contribution in [3.8, 4) is 33.5 Å². The Morgan fingerprint density at radius 2 is 1.15 bits per heavy atom. The molecule has 2 heteroatoms. The second-order valence-electron chi connectivity index (χ2n) is 13.4. The summed E-state index contributed by atoms with van der Waals surface area (Å²) in [6, 6.07) is 51.0. The van der Waals surface area contributed by atoms with Gasteiger partial charge in [-0.15, -0.1) is 0 Å². The molecule has 2 heterocycles. The Bertz CT molecular complexity index is 2770. The van der Waals surface area contributed by atoms with Crippen molar-refractivity contribution in [2.75, 3.05) is 0 Å². The Balaban J connectivity index is 1.11. The minimum Gasteiger partial charge on any atom is -0.254 e. The molecule has 7 aromatic carbocycles. The summed E-state index contributed by atoms with van der Waals surface area (Å²) in [4.78, 5) is 9.77. The molecule has 9 aromatic rings. The van der Waals surface area contributed by atoms with Gasteiger partial charge in [-0.05, 0) is 102 Å². The first kappa shape index (κ1) is 26.4. The lowest BCUT2D eigenvalue weighted by Crippen LogP contribution is -2.15. The van der Waals surface area contributed by atoms with E-state index in [1.807, 2.05) is 12.3 Å². The third-order valence-corrected chi connectivity index (χ3v) is 10.4. The molecule has 220 valence electrons. The van der Waals surface area contributed by atoms with Crippen molar-refractivity contribution in [2.24, 2.45) is 0 Å². The molecule has 2 nitrogen and oxygen atoms in total. The third-order valence-electron chi connectivity index (χ3n) is 10.4. The molecule has 10 rings (SSSR count). The molecule has 0 radical (unpaired) electrons. The lowest BCUT2D eigenvalue weighted by atomic mass is 9.79. The highest BCUT2D eigenvalue weighted by molar-refractivity contribution is 6.19. The number of rotatable bonds is 2. The van der Waals surface area contributed by atoms with E-state index in [0.29, 0.717) is 0 Å². The molecular weight excluding hydrogens is 569 g/mol.